The first-order chi connectivity index (χ1) is 14.9. The van der Waals surface area contributed by atoms with Gasteiger partial charge in [-0.1, -0.05) is 24.3 Å². The standard InChI is InChI=1S/C21H23F2N3O2S3/c22-14-7-8-19(16(23)13-14)31(27,28)25-11-4-3-10-24-21-26-20-15-5-1-2-6-17(15)29-12-9-18(20)30-21/h1-2,5-6,8,13-14,25H,3-4,7,9-12H2,(H,24,26). The van der Waals surface area contributed by atoms with Crippen LogP contribution in [0, 0.1) is 0 Å². The summed E-state index contributed by atoms with van der Waals surface area (Å²) < 4.78 is 53.6. The average Bonchev–Trinajstić information content (AvgIpc) is 3.05. The van der Waals surface area contributed by atoms with E-state index in [2.05, 4.69) is 22.2 Å². The van der Waals surface area contributed by atoms with Crippen LogP contribution >= 0.6 is 23.1 Å². The second-order valence-electron chi connectivity index (χ2n) is 7.25. The van der Waals surface area contributed by atoms with Gasteiger partial charge in [0.15, 0.2) is 5.13 Å². The second-order valence-corrected chi connectivity index (χ2v) is 11.2. The number of nitrogens with one attached hydrogen (secondary N) is 2. The normalized spacial score (nSPS) is 18.5. The number of anilines is 1. The summed E-state index contributed by atoms with van der Waals surface area (Å²) >= 11 is 3.52. The van der Waals surface area contributed by atoms with E-state index < -0.39 is 26.9 Å². The van der Waals surface area contributed by atoms with Crippen molar-refractivity contribution in [2.45, 2.75) is 36.8 Å². The van der Waals surface area contributed by atoms with Gasteiger partial charge in [-0.2, -0.15) is 0 Å². The van der Waals surface area contributed by atoms with Crippen molar-refractivity contribution in [2.75, 3.05) is 24.2 Å². The molecule has 0 bridgehead atoms. The van der Waals surface area contributed by atoms with Gasteiger partial charge in [0.05, 0.1) is 5.69 Å². The molecule has 1 aromatic heterocycles. The lowest BCUT2D eigenvalue weighted by atomic mass is 10.1. The van der Waals surface area contributed by atoms with E-state index in [0.717, 1.165) is 35.5 Å². The largest absolute Gasteiger partial charge is 0.361 e. The van der Waals surface area contributed by atoms with Gasteiger partial charge < -0.3 is 5.32 Å². The van der Waals surface area contributed by atoms with Crippen LogP contribution in [0.5, 0.6) is 0 Å². The molecule has 31 heavy (non-hydrogen) atoms. The van der Waals surface area contributed by atoms with Crippen molar-refractivity contribution >= 4 is 38.3 Å². The van der Waals surface area contributed by atoms with Gasteiger partial charge in [-0.15, -0.1) is 23.1 Å². The van der Waals surface area contributed by atoms with E-state index in [-0.39, 0.29) is 13.0 Å². The summed E-state index contributed by atoms with van der Waals surface area (Å²) in [6, 6.07) is 8.31. The van der Waals surface area contributed by atoms with Crippen molar-refractivity contribution in [3.05, 3.63) is 52.0 Å². The zero-order valence-corrected chi connectivity index (χ0v) is 19.2. The van der Waals surface area contributed by atoms with Crippen LogP contribution < -0.4 is 10.0 Å². The monoisotopic (exact) mass is 483 g/mol. The highest BCUT2D eigenvalue weighted by molar-refractivity contribution is 7.99. The van der Waals surface area contributed by atoms with E-state index in [9.17, 15) is 17.2 Å². The first-order valence-electron chi connectivity index (χ1n) is 10.1. The van der Waals surface area contributed by atoms with Crippen molar-refractivity contribution in [1.82, 2.24) is 9.71 Å². The molecule has 2 N–H and O–H groups in total. The fourth-order valence-electron chi connectivity index (χ4n) is 3.44. The van der Waals surface area contributed by atoms with Crippen LogP contribution in [-0.4, -0.2) is 38.4 Å². The number of hydrogen-bond donors (Lipinski definition) is 2. The minimum Gasteiger partial charge on any atom is -0.361 e. The Kier molecular flexibility index (Phi) is 7.10. The van der Waals surface area contributed by atoms with Crippen LogP contribution in [0.4, 0.5) is 13.9 Å². The highest BCUT2D eigenvalue weighted by atomic mass is 32.2. The van der Waals surface area contributed by atoms with Gasteiger partial charge in [-0.05, 0) is 31.4 Å². The van der Waals surface area contributed by atoms with Crippen molar-refractivity contribution < 1.29 is 17.2 Å². The molecule has 4 rings (SSSR count). The highest BCUT2D eigenvalue weighted by Gasteiger charge is 2.25. The molecule has 0 fully saturated rings. The Morgan fingerprint density at radius 1 is 1.19 bits per heavy atom. The quantitative estimate of drug-likeness (QED) is 0.514. The Labute approximate surface area is 189 Å². The number of alkyl halides is 1. The number of unbranched alkanes of at least 4 members (excludes halogenated alkanes) is 1. The Bertz CT molecular complexity index is 1110. The third-order valence-corrected chi connectivity index (χ3v) is 8.65. The fraction of sp³-hybridized carbons (Fsp3) is 0.381. The van der Waals surface area contributed by atoms with Crippen molar-refractivity contribution in [3.8, 4) is 11.3 Å². The van der Waals surface area contributed by atoms with E-state index in [1.54, 1.807) is 11.3 Å². The first kappa shape index (κ1) is 22.4. The summed E-state index contributed by atoms with van der Waals surface area (Å²) in [5, 5.41) is 4.20. The van der Waals surface area contributed by atoms with Gasteiger partial charge in [0, 0.05) is 40.6 Å². The molecule has 0 radical (unpaired) electrons. The van der Waals surface area contributed by atoms with E-state index in [1.165, 1.54) is 15.3 Å². The number of allylic oxidation sites excluding steroid dienone is 3. The number of fused-ring (bicyclic) bond motifs is 3. The number of benzene rings is 1. The maximum absolute atomic E-state index is 13.7. The molecule has 2 aromatic rings. The molecule has 0 saturated carbocycles. The lowest BCUT2D eigenvalue weighted by Gasteiger charge is -2.13. The number of rotatable bonds is 8. The number of aryl methyl sites for hydroxylation is 1. The van der Waals surface area contributed by atoms with Crippen LogP contribution in [0.3, 0.4) is 0 Å². The number of nitrogens with zero attached hydrogens (tertiary/aromatic N) is 1. The number of sulfonamides is 1. The number of aromatic nitrogens is 1. The Hall–Kier alpha value is -1.75. The third-order valence-electron chi connectivity index (χ3n) is 4.98. The molecule has 0 saturated heterocycles. The molecule has 2 aliphatic rings. The predicted octanol–water partition coefficient (Wildman–Crippen LogP) is 5.05. The Morgan fingerprint density at radius 2 is 2.00 bits per heavy atom. The number of hydrogen-bond acceptors (Lipinski definition) is 6. The number of thiazole rings is 1. The van der Waals surface area contributed by atoms with Crippen LogP contribution in [0.25, 0.3) is 11.3 Å². The molecule has 1 aliphatic carbocycles. The predicted molar refractivity (Wildman–Crippen MR) is 123 cm³/mol. The summed E-state index contributed by atoms with van der Waals surface area (Å²) in [5.74, 6) is 0.000652. The van der Waals surface area contributed by atoms with E-state index in [1.807, 2.05) is 23.9 Å². The molecule has 0 spiro atoms. The van der Waals surface area contributed by atoms with Gasteiger partial charge >= 0.3 is 0 Å². The van der Waals surface area contributed by atoms with Gasteiger partial charge in [-0.3, -0.25) is 0 Å². The van der Waals surface area contributed by atoms with Gasteiger partial charge in [0.1, 0.15) is 16.9 Å². The SMILES string of the molecule is O=S(=O)(NCCCCNc1nc2c(s1)CCSc1ccccc1-2)C1=CCC(F)C=C1F. The Morgan fingerprint density at radius 3 is 2.84 bits per heavy atom. The number of halogens is 2. The van der Waals surface area contributed by atoms with E-state index in [4.69, 9.17) is 4.98 Å². The molecule has 10 heteroatoms. The molecule has 1 aromatic carbocycles. The summed E-state index contributed by atoms with van der Waals surface area (Å²) in [6.07, 6.45) is 2.48. The fourth-order valence-corrected chi connectivity index (χ4v) is 6.80. The average molecular weight is 484 g/mol. The Balaban J connectivity index is 1.25. The minimum atomic E-state index is -3.96. The lowest BCUT2D eigenvalue weighted by Crippen LogP contribution is -2.27. The van der Waals surface area contributed by atoms with Crippen molar-refractivity contribution in [2.24, 2.45) is 0 Å². The maximum atomic E-state index is 13.7. The minimum absolute atomic E-state index is 0.130. The van der Waals surface area contributed by atoms with Crippen LogP contribution in [0.15, 0.2) is 52.0 Å². The maximum Gasteiger partial charge on any atom is 0.243 e. The lowest BCUT2D eigenvalue weighted by molar-refractivity contribution is 0.391. The van der Waals surface area contributed by atoms with Crippen LogP contribution in [0.1, 0.15) is 24.1 Å². The molecule has 5 nitrogen and oxygen atoms in total. The summed E-state index contributed by atoms with van der Waals surface area (Å²) in [6.45, 7) is 0.845. The third kappa shape index (κ3) is 5.36. The number of thioether (sulfide) groups is 1. The molecule has 1 unspecified atom stereocenters. The second kappa shape index (κ2) is 9.81. The summed E-state index contributed by atoms with van der Waals surface area (Å²) in [7, 11) is -3.96. The topological polar surface area (TPSA) is 71.1 Å². The molecule has 1 aliphatic heterocycles. The van der Waals surface area contributed by atoms with Gasteiger partial charge in [0.2, 0.25) is 10.0 Å². The molecule has 1 atom stereocenters. The molecular weight excluding hydrogens is 460 g/mol. The van der Waals surface area contributed by atoms with Gasteiger partial charge in [-0.25, -0.2) is 26.9 Å². The van der Waals surface area contributed by atoms with Crippen LogP contribution in [0.2, 0.25) is 0 Å². The van der Waals surface area contributed by atoms with E-state index >= 15 is 0 Å². The molecular formula is C21H23F2N3O2S3. The summed E-state index contributed by atoms with van der Waals surface area (Å²) in [5.41, 5.74) is 2.23. The van der Waals surface area contributed by atoms with Crippen molar-refractivity contribution in [1.29, 1.82) is 0 Å². The first-order valence-corrected chi connectivity index (χ1v) is 13.4. The molecule has 166 valence electrons. The van der Waals surface area contributed by atoms with Crippen LogP contribution in [-0.2, 0) is 16.4 Å². The highest BCUT2D eigenvalue weighted by Crippen LogP contribution is 2.40. The smallest absolute Gasteiger partial charge is 0.243 e. The summed E-state index contributed by atoms with van der Waals surface area (Å²) in [4.78, 5) is 6.84. The van der Waals surface area contributed by atoms with Crippen molar-refractivity contribution in [3.63, 3.8) is 0 Å². The zero-order chi connectivity index (χ0) is 21.8. The molecule has 2 heterocycles. The zero-order valence-electron chi connectivity index (χ0n) is 16.7. The van der Waals surface area contributed by atoms with E-state index in [0.29, 0.717) is 19.0 Å². The van der Waals surface area contributed by atoms with Gasteiger partial charge in [0.25, 0.3) is 0 Å². The molecule has 0 amide bonds.